The topological polar surface area (TPSA) is 80.6 Å². The van der Waals surface area contributed by atoms with Gasteiger partial charge < -0.3 is 19.8 Å². The average Bonchev–Trinajstić information content (AvgIpc) is 3.16. The lowest BCUT2D eigenvalue weighted by atomic mass is 10.1. The molecule has 1 heterocycles. The standard InChI is InChI=1S/C24H25FN2O4/c1-15(2)14-31-19-7-4-17(5-8-19)12-23(28)26-18-6-9-21(25)22(13-18)27-24(29)20-10-11-30-16(20)3/h4-11,13,15H,12,14H2,1-3H3,(H,26,28)(H,27,29). The van der Waals surface area contributed by atoms with E-state index in [4.69, 9.17) is 9.15 Å². The van der Waals surface area contributed by atoms with Crippen LogP contribution >= 0.6 is 0 Å². The Morgan fingerprint density at radius 1 is 1.06 bits per heavy atom. The maximum Gasteiger partial charge on any atom is 0.259 e. The summed E-state index contributed by atoms with van der Waals surface area (Å²) in [6.07, 6.45) is 1.54. The second-order valence-electron chi connectivity index (χ2n) is 7.61. The van der Waals surface area contributed by atoms with Crippen LogP contribution in [0.4, 0.5) is 15.8 Å². The Hall–Kier alpha value is -3.61. The molecule has 162 valence electrons. The molecule has 2 amide bonds. The molecule has 0 spiro atoms. The van der Waals surface area contributed by atoms with E-state index in [2.05, 4.69) is 24.5 Å². The quantitative estimate of drug-likeness (QED) is 0.521. The van der Waals surface area contributed by atoms with Crippen LogP contribution in [0.3, 0.4) is 0 Å². The number of ether oxygens (including phenoxy) is 1. The summed E-state index contributed by atoms with van der Waals surface area (Å²) in [7, 11) is 0. The molecule has 0 fully saturated rings. The summed E-state index contributed by atoms with van der Waals surface area (Å²) in [6.45, 7) is 6.42. The fourth-order valence-corrected chi connectivity index (χ4v) is 2.87. The van der Waals surface area contributed by atoms with Gasteiger partial charge in [-0.15, -0.1) is 0 Å². The third-order valence-electron chi connectivity index (χ3n) is 4.47. The van der Waals surface area contributed by atoms with E-state index in [1.54, 1.807) is 6.92 Å². The molecule has 0 saturated heterocycles. The van der Waals surface area contributed by atoms with Crippen molar-refractivity contribution >= 4 is 23.2 Å². The van der Waals surface area contributed by atoms with Crippen molar-refractivity contribution in [2.45, 2.75) is 27.2 Å². The number of rotatable bonds is 8. The van der Waals surface area contributed by atoms with Gasteiger partial charge in [0.2, 0.25) is 5.91 Å². The fourth-order valence-electron chi connectivity index (χ4n) is 2.87. The second kappa shape index (κ2) is 9.93. The molecule has 0 aliphatic rings. The zero-order chi connectivity index (χ0) is 22.4. The zero-order valence-electron chi connectivity index (χ0n) is 17.7. The monoisotopic (exact) mass is 424 g/mol. The summed E-state index contributed by atoms with van der Waals surface area (Å²) in [6, 6.07) is 12.8. The Balaban J connectivity index is 1.60. The van der Waals surface area contributed by atoms with Crippen LogP contribution in [0.25, 0.3) is 0 Å². The minimum absolute atomic E-state index is 0.0324. The first-order valence-corrected chi connectivity index (χ1v) is 9.98. The Morgan fingerprint density at radius 3 is 2.45 bits per heavy atom. The number of furan rings is 1. The van der Waals surface area contributed by atoms with Gasteiger partial charge in [-0.1, -0.05) is 26.0 Å². The van der Waals surface area contributed by atoms with E-state index < -0.39 is 11.7 Å². The van der Waals surface area contributed by atoms with Crippen molar-refractivity contribution in [2.75, 3.05) is 17.2 Å². The molecule has 0 atom stereocenters. The summed E-state index contributed by atoms with van der Waals surface area (Å²) in [5.74, 6) is 0.260. The van der Waals surface area contributed by atoms with Crippen LogP contribution in [0.2, 0.25) is 0 Å². The van der Waals surface area contributed by atoms with Gasteiger partial charge in [-0.05, 0) is 54.8 Å². The van der Waals surface area contributed by atoms with Crippen molar-refractivity contribution in [2.24, 2.45) is 5.92 Å². The lowest BCUT2D eigenvalue weighted by molar-refractivity contribution is -0.115. The highest BCUT2D eigenvalue weighted by molar-refractivity contribution is 6.05. The van der Waals surface area contributed by atoms with Gasteiger partial charge in [-0.3, -0.25) is 9.59 Å². The first kappa shape index (κ1) is 22.1. The van der Waals surface area contributed by atoms with Crippen molar-refractivity contribution in [3.8, 4) is 5.75 Å². The molecule has 7 heteroatoms. The van der Waals surface area contributed by atoms with Crippen molar-refractivity contribution < 1.29 is 23.1 Å². The van der Waals surface area contributed by atoms with Crippen molar-refractivity contribution in [1.29, 1.82) is 0 Å². The molecular formula is C24H25FN2O4. The van der Waals surface area contributed by atoms with Crippen LogP contribution in [-0.2, 0) is 11.2 Å². The van der Waals surface area contributed by atoms with Crippen molar-refractivity contribution in [1.82, 2.24) is 0 Å². The van der Waals surface area contributed by atoms with Gasteiger partial charge in [0.05, 0.1) is 30.5 Å². The van der Waals surface area contributed by atoms with Gasteiger partial charge in [0.15, 0.2) is 0 Å². The van der Waals surface area contributed by atoms with E-state index in [0.29, 0.717) is 29.5 Å². The maximum absolute atomic E-state index is 14.1. The van der Waals surface area contributed by atoms with Gasteiger partial charge in [0.1, 0.15) is 17.3 Å². The third-order valence-corrected chi connectivity index (χ3v) is 4.47. The minimum atomic E-state index is -0.607. The predicted molar refractivity (Wildman–Crippen MR) is 117 cm³/mol. The first-order valence-electron chi connectivity index (χ1n) is 9.98. The number of carbonyl (C=O) groups excluding carboxylic acids is 2. The molecule has 31 heavy (non-hydrogen) atoms. The number of anilines is 2. The molecule has 2 aromatic carbocycles. The highest BCUT2D eigenvalue weighted by Gasteiger charge is 2.15. The van der Waals surface area contributed by atoms with E-state index in [1.807, 2.05) is 24.3 Å². The number of nitrogens with one attached hydrogen (secondary N) is 2. The smallest absolute Gasteiger partial charge is 0.259 e. The van der Waals surface area contributed by atoms with Crippen LogP contribution in [-0.4, -0.2) is 18.4 Å². The summed E-state index contributed by atoms with van der Waals surface area (Å²) < 4.78 is 24.9. The largest absolute Gasteiger partial charge is 0.493 e. The van der Waals surface area contributed by atoms with Crippen LogP contribution in [0.5, 0.6) is 5.75 Å². The Bertz CT molecular complexity index is 1060. The number of amides is 2. The predicted octanol–water partition coefficient (Wildman–Crippen LogP) is 5.20. The number of hydrogen-bond acceptors (Lipinski definition) is 4. The van der Waals surface area contributed by atoms with E-state index >= 15 is 0 Å². The molecule has 0 unspecified atom stereocenters. The Kier molecular flexibility index (Phi) is 7.07. The lowest BCUT2D eigenvalue weighted by Gasteiger charge is -2.11. The number of halogens is 1. The first-order chi connectivity index (χ1) is 14.8. The highest BCUT2D eigenvalue weighted by atomic mass is 19.1. The Morgan fingerprint density at radius 2 is 1.81 bits per heavy atom. The number of carbonyl (C=O) groups is 2. The van der Waals surface area contributed by atoms with E-state index in [-0.39, 0.29) is 18.0 Å². The molecule has 3 aromatic rings. The van der Waals surface area contributed by atoms with Gasteiger partial charge in [-0.25, -0.2) is 4.39 Å². The molecule has 0 bridgehead atoms. The van der Waals surface area contributed by atoms with Gasteiger partial charge >= 0.3 is 0 Å². The van der Waals surface area contributed by atoms with Gasteiger partial charge in [0.25, 0.3) is 5.91 Å². The van der Waals surface area contributed by atoms with Crippen molar-refractivity contribution in [3.63, 3.8) is 0 Å². The van der Waals surface area contributed by atoms with Crippen molar-refractivity contribution in [3.05, 3.63) is 77.5 Å². The number of hydrogen-bond donors (Lipinski definition) is 2. The second-order valence-corrected chi connectivity index (χ2v) is 7.61. The third kappa shape index (κ3) is 6.18. The zero-order valence-corrected chi connectivity index (χ0v) is 17.7. The molecule has 2 N–H and O–H groups in total. The molecular weight excluding hydrogens is 399 g/mol. The maximum atomic E-state index is 14.1. The molecule has 6 nitrogen and oxygen atoms in total. The minimum Gasteiger partial charge on any atom is -0.493 e. The van der Waals surface area contributed by atoms with Gasteiger partial charge in [0, 0.05) is 5.69 Å². The number of benzene rings is 2. The number of aryl methyl sites for hydroxylation is 1. The summed E-state index contributed by atoms with van der Waals surface area (Å²) in [5, 5.41) is 5.23. The SMILES string of the molecule is Cc1occc1C(=O)Nc1cc(NC(=O)Cc2ccc(OCC(C)C)cc2)ccc1F. The average molecular weight is 424 g/mol. The molecule has 3 rings (SSSR count). The van der Waals surface area contributed by atoms with Gasteiger partial charge in [-0.2, -0.15) is 0 Å². The van der Waals surface area contributed by atoms with E-state index in [1.165, 1.54) is 30.5 Å². The van der Waals surface area contributed by atoms with Crippen LogP contribution in [0.15, 0.2) is 59.2 Å². The summed E-state index contributed by atoms with van der Waals surface area (Å²) in [5.41, 5.74) is 1.48. The molecule has 0 saturated carbocycles. The van der Waals surface area contributed by atoms with Crippen LogP contribution in [0.1, 0.15) is 35.5 Å². The molecule has 0 aliphatic carbocycles. The van der Waals surface area contributed by atoms with Crippen LogP contribution < -0.4 is 15.4 Å². The highest BCUT2D eigenvalue weighted by Crippen LogP contribution is 2.22. The summed E-state index contributed by atoms with van der Waals surface area (Å²) in [4.78, 5) is 24.7. The fraction of sp³-hybridized carbons (Fsp3) is 0.250. The van der Waals surface area contributed by atoms with Crippen LogP contribution in [0, 0.1) is 18.7 Å². The van der Waals surface area contributed by atoms with E-state index in [0.717, 1.165) is 11.3 Å². The molecule has 0 aliphatic heterocycles. The Labute approximate surface area is 180 Å². The normalized spacial score (nSPS) is 10.7. The lowest BCUT2D eigenvalue weighted by Crippen LogP contribution is -2.16. The summed E-state index contributed by atoms with van der Waals surface area (Å²) >= 11 is 0. The molecule has 0 radical (unpaired) electrons. The molecule has 1 aromatic heterocycles. The van der Waals surface area contributed by atoms with E-state index in [9.17, 15) is 14.0 Å².